The van der Waals surface area contributed by atoms with E-state index in [4.69, 9.17) is 4.74 Å². The van der Waals surface area contributed by atoms with Crippen LogP contribution in [0.5, 0.6) is 0 Å². The minimum atomic E-state index is -0.494. The number of ether oxygens (including phenoxy) is 1. The third-order valence-corrected chi connectivity index (χ3v) is 5.19. The molecule has 0 bridgehead atoms. The summed E-state index contributed by atoms with van der Waals surface area (Å²) in [6.07, 6.45) is 1.64. The Kier molecular flexibility index (Phi) is 8.31. The first-order valence-electron chi connectivity index (χ1n) is 10.7. The molecule has 0 aromatic carbocycles. The summed E-state index contributed by atoms with van der Waals surface area (Å²) in [7, 11) is 1.73. The number of carbonyl (C=O) groups excluding carboxylic acids is 3. The van der Waals surface area contributed by atoms with Gasteiger partial charge in [0.2, 0.25) is 5.91 Å². The van der Waals surface area contributed by atoms with Crippen LogP contribution in [0.2, 0.25) is 0 Å². The molecule has 4 amide bonds. The largest absolute Gasteiger partial charge is 0.444 e. The van der Waals surface area contributed by atoms with Crippen molar-refractivity contribution in [1.29, 1.82) is 0 Å². The van der Waals surface area contributed by atoms with Gasteiger partial charge in [-0.1, -0.05) is 0 Å². The normalized spacial score (nSPS) is 18.5. The second kappa shape index (κ2) is 10.5. The first-order chi connectivity index (χ1) is 14.1. The van der Waals surface area contributed by atoms with Gasteiger partial charge < -0.3 is 25.2 Å². The smallest absolute Gasteiger partial charge is 0.410 e. The first-order valence-corrected chi connectivity index (χ1v) is 10.7. The molecule has 2 aliphatic rings. The molecular weight excluding hydrogens is 388 g/mol. The van der Waals surface area contributed by atoms with Crippen LogP contribution < -0.4 is 10.6 Å². The molecule has 0 aromatic rings. The Morgan fingerprint density at radius 2 is 1.97 bits per heavy atom. The fraction of sp³-hybridized carbons (Fsp3) is 0.800. The highest BCUT2D eigenvalue weighted by molar-refractivity contribution is 6.01. The van der Waals surface area contributed by atoms with Crippen molar-refractivity contribution < 1.29 is 19.1 Å². The summed E-state index contributed by atoms with van der Waals surface area (Å²) < 4.78 is 5.50. The van der Waals surface area contributed by atoms with Crippen LogP contribution in [0.4, 0.5) is 9.59 Å². The predicted octanol–water partition coefficient (Wildman–Crippen LogP) is 1.08. The zero-order chi connectivity index (χ0) is 22.3. The highest BCUT2D eigenvalue weighted by Crippen LogP contribution is 2.20. The number of guanidine groups is 1. The standard InChI is InChI=1S/C20H36N6O4/c1-6-24(19(29)30-20(2,3)4)14-15-7-10-25(11-8-15)17(21-5)22-9-12-26-16(27)13-23-18(26)28/h15H,6-14H2,1-5H3,(H,21,22)(H,23,28). The van der Waals surface area contributed by atoms with E-state index in [1.807, 2.05) is 27.7 Å². The molecule has 0 atom stereocenters. The fourth-order valence-corrected chi connectivity index (χ4v) is 3.59. The summed E-state index contributed by atoms with van der Waals surface area (Å²) in [5.74, 6) is 0.973. The number of amides is 4. The minimum absolute atomic E-state index is 0.0686. The van der Waals surface area contributed by atoms with Crippen LogP contribution in [0.1, 0.15) is 40.5 Å². The van der Waals surface area contributed by atoms with Crippen molar-refractivity contribution in [1.82, 2.24) is 25.3 Å². The minimum Gasteiger partial charge on any atom is -0.444 e. The van der Waals surface area contributed by atoms with Gasteiger partial charge in [-0.3, -0.25) is 14.7 Å². The molecule has 0 spiro atoms. The average Bonchev–Trinajstić information content (AvgIpc) is 3.00. The number of rotatable bonds is 6. The number of hydrogen-bond donors (Lipinski definition) is 2. The molecule has 2 aliphatic heterocycles. The second-order valence-corrected chi connectivity index (χ2v) is 8.63. The van der Waals surface area contributed by atoms with E-state index in [0.29, 0.717) is 32.1 Å². The molecule has 2 fully saturated rings. The maximum atomic E-state index is 12.4. The summed E-state index contributed by atoms with van der Waals surface area (Å²) >= 11 is 0. The third kappa shape index (κ3) is 6.77. The van der Waals surface area contributed by atoms with Gasteiger partial charge in [0, 0.05) is 46.3 Å². The van der Waals surface area contributed by atoms with Crippen molar-refractivity contribution in [2.24, 2.45) is 10.9 Å². The highest BCUT2D eigenvalue weighted by Gasteiger charge is 2.29. The molecule has 2 N–H and O–H groups in total. The van der Waals surface area contributed by atoms with E-state index < -0.39 is 5.60 Å². The molecule has 10 heteroatoms. The van der Waals surface area contributed by atoms with Crippen molar-refractivity contribution >= 4 is 24.0 Å². The first kappa shape index (κ1) is 23.8. The van der Waals surface area contributed by atoms with Crippen LogP contribution in [0.3, 0.4) is 0 Å². The van der Waals surface area contributed by atoms with E-state index in [1.165, 1.54) is 4.90 Å². The Labute approximate surface area is 179 Å². The Balaban J connectivity index is 1.77. The van der Waals surface area contributed by atoms with Gasteiger partial charge in [-0.25, -0.2) is 9.59 Å². The van der Waals surface area contributed by atoms with Gasteiger partial charge in [-0.05, 0) is 46.5 Å². The summed E-state index contributed by atoms with van der Waals surface area (Å²) in [4.78, 5) is 45.1. The van der Waals surface area contributed by atoms with Crippen LogP contribution >= 0.6 is 0 Å². The van der Waals surface area contributed by atoms with Crippen molar-refractivity contribution in [3.63, 3.8) is 0 Å². The predicted molar refractivity (Wildman–Crippen MR) is 114 cm³/mol. The lowest BCUT2D eigenvalue weighted by Gasteiger charge is -2.36. The topological polar surface area (TPSA) is 107 Å². The quantitative estimate of drug-likeness (QED) is 0.375. The van der Waals surface area contributed by atoms with Gasteiger partial charge in [0.15, 0.2) is 5.96 Å². The maximum absolute atomic E-state index is 12.4. The van der Waals surface area contributed by atoms with Gasteiger partial charge in [0.1, 0.15) is 5.60 Å². The number of hydrogen-bond acceptors (Lipinski definition) is 5. The van der Waals surface area contributed by atoms with E-state index in [9.17, 15) is 14.4 Å². The number of carbonyl (C=O) groups is 3. The van der Waals surface area contributed by atoms with Crippen molar-refractivity contribution in [3.8, 4) is 0 Å². The van der Waals surface area contributed by atoms with Gasteiger partial charge in [0.05, 0.1) is 6.54 Å². The summed E-state index contributed by atoms with van der Waals surface area (Å²) in [6.45, 7) is 11.4. The summed E-state index contributed by atoms with van der Waals surface area (Å²) in [5.41, 5.74) is -0.494. The van der Waals surface area contributed by atoms with Gasteiger partial charge in [0.25, 0.3) is 0 Å². The summed E-state index contributed by atoms with van der Waals surface area (Å²) in [6, 6.07) is -0.344. The maximum Gasteiger partial charge on any atom is 0.410 e. The summed E-state index contributed by atoms with van der Waals surface area (Å²) in [5, 5.41) is 5.75. The van der Waals surface area contributed by atoms with Gasteiger partial charge >= 0.3 is 12.1 Å². The van der Waals surface area contributed by atoms with Crippen LogP contribution in [-0.2, 0) is 9.53 Å². The van der Waals surface area contributed by atoms with E-state index in [-0.39, 0.29) is 24.6 Å². The Morgan fingerprint density at radius 3 is 2.47 bits per heavy atom. The molecule has 30 heavy (non-hydrogen) atoms. The van der Waals surface area contributed by atoms with E-state index in [0.717, 1.165) is 31.9 Å². The monoisotopic (exact) mass is 424 g/mol. The number of nitrogens with one attached hydrogen (secondary N) is 2. The Bertz CT molecular complexity index is 636. The molecule has 10 nitrogen and oxygen atoms in total. The lowest BCUT2D eigenvalue weighted by molar-refractivity contribution is -0.124. The highest BCUT2D eigenvalue weighted by atomic mass is 16.6. The molecule has 170 valence electrons. The van der Waals surface area contributed by atoms with Crippen LogP contribution in [0.25, 0.3) is 0 Å². The van der Waals surface area contributed by atoms with Crippen LogP contribution in [0, 0.1) is 5.92 Å². The van der Waals surface area contributed by atoms with Crippen molar-refractivity contribution in [2.45, 2.75) is 46.1 Å². The number of nitrogens with zero attached hydrogens (tertiary/aromatic N) is 4. The molecule has 0 aromatic heterocycles. The number of piperidine rings is 1. The molecule has 2 saturated heterocycles. The van der Waals surface area contributed by atoms with Crippen molar-refractivity contribution in [3.05, 3.63) is 0 Å². The molecule has 0 saturated carbocycles. The van der Waals surface area contributed by atoms with Gasteiger partial charge in [-0.15, -0.1) is 0 Å². The number of imide groups is 1. The molecule has 0 unspecified atom stereocenters. The Morgan fingerprint density at radius 1 is 1.30 bits per heavy atom. The molecule has 0 aliphatic carbocycles. The SMILES string of the molecule is CCN(CC1CCN(C(=NC)NCCN2C(=O)CNC2=O)CC1)C(=O)OC(C)(C)C. The molecule has 0 radical (unpaired) electrons. The number of likely N-dealkylation sites (tertiary alicyclic amines) is 1. The number of urea groups is 1. The lowest BCUT2D eigenvalue weighted by Crippen LogP contribution is -2.49. The molecular formula is C20H36N6O4. The van der Waals surface area contributed by atoms with Gasteiger partial charge in [-0.2, -0.15) is 0 Å². The van der Waals surface area contributed by atoms with E-state index in [2.05, 4.69) is 20.5 Å². The zero-order valence-electron chi connectivity index (χ0n) is 18.9. The molecule has 2 rings (SSSR count). The second-order valence-electron chi connectivity index (χ2n) is 8.63. The average molecular weight is 425 g/mol. The zero-order valence-corrected chi connectivity index (χ0v) is 18.9. The van der Waals surface area contributed by atoms with E-state index in [1.54, 1.807) is 11.9 Å². The fourth-order valence-electron chi connectivity index (χ4n) is 3.59. The van der Waals surface area contributed by atoms with Crippen LogP contribution in [0.15, 0.2) is 4.99 Å². The number of aliphatic imine (C=N–C) groups is 1. The van der Waals surface area contributed by atoms with E-state index >= 15 is 0 Å². The Hall–Kier alpha value is -2.52. The third-order valence-electron chi connectivity index (χ3n) is 5.19. The lowest BCUT2D eigenvalue weighted by atomic mass is 9.96. The molecule has 2 heterocycles. The van der Waals surface area contributed by atoms with Crippen LogP contribution in [-0.4, -0.2) is 97.2 Å². The van der Waals surface area contributed by atoms with Crippen molar-refractivity contribution in [2.75, 3.05) is 52.9 Å².